The number of nitrogens with two attached hydrogens (primary N) is 1. The highest BCUT2D eigenvalue weighted by Crippen LogP contribution is 2.34. The Morgan fingerprint density at radius 1 is 1.29 bits per heavy atom. The van der Waals surface area contributed by atoms with E-state index in [0.29, 0.717) is 12.1 Å². The van der Waals surface area contributed by atoms with Crippen molar-refractivity contribution >= 4 is 0 Å². The van der Waals surface area contributed by atoms with Crippen LogP contribution in [0.3, 0.4) is 0 Å². The minimum absolute atomic E-state index is 0.00777. The third-order valence-electron chi connectivity index (χ3n) is 4.13. The van der Waals surface area contributed by atoms with Gasteiger partial charge >= 0.3 is 0 Å². The third-order valence-corrected chi connectivity index (χ3v) is 4.13. The van der Waals surface area contributed by atoms with Gasteiger partial charge in [-0.1, -0.05) is 35.9 Å². The van der Waals surface area contributed by atoms with E-state index in [1.807, 2.05) is 18.2 Å². The first kappa shape index (κ1) is 14.1. The zero-order valence-corrected chi connectivity index (χ0v) is 12.2. The van der Waals surface area contributed by atoms with Crippen molar-refractivity contribution in [2.45, 2.75) is 31.8 Å². The summed E-state index contributed by atoms with van der Waals surface area (Å²) >= 11 is 0. The quantitative estimate of drug-likeness (QED) is 0.932. The minimum Gasteiger partial charge on any atom is -0.490 e. The van der Waals surface area contributed by atoms with Crippen LogP contribution in [0.15, 0.2) is 42.5 Å². The number of ether oxygens (including phenoxy) is 1. The molecule has 2 aromatic carbocycles. The van der Waals surface area contributed by atoms with Crippen molar-refractivity contribution in [3.05, 3.63) is 65.0 Å². The Balaban J connectivity index is 1.74. The Hall–Kier alpha value is -1.87. The van der Waals surface area contributed by atoms with Crippen LogP contribution in [0.4, 0.5) is 4.39 Å². The van der Waals surface area contributed by atoms with Crippen LogP contribution in [0.1, 0.15) is 29.0 Å². The molecule has 1 aliphatic rings. The average Bonchev–Trinajstić information content (AvgIpc) is 2.87. The van der Waals surface area contributed by atoms with Crippen LogP contribution in [0.25, 0.3) is 0 Å². The monoisotopic (exact) mass is 285 g/mol. The van der Waals surface area contributed by atoms with Crippen molar-refractivity contribution in [1.29, 1.82) is 0 Å². The maximum atomic E-state index is 13.9. The Morgan fingerprint density at radius 3 is 2.86 bits per heavy atom. The summed E-state index contributed by atoms with van der Waals surface area (Å²) in [4.78, 5) is 0. The van der Waals surface area contributed by atoms with Gasteiger partial charge in [0.05, 0.1) is 0 Å². The van der Waals surface area contributed by atoms with Crippen molar-refractivity contribution in [3.8, 4) is 5.75 Å². The van der Waals surface area contributed by atoms with Gasteiger partial charge in [-0.15, -0.1) is 0 Å². The molecule has 0 spiro atoms. The number of hydrogen-bond donors (Lipinski definition) is 1. The van der Waals surface area contributed by atoms with Crippen LogP contribution in [0.5, 0.6) is 5.75 Å². The molecule has 2 nitrogen and oxygen atoms in total. The molecule has 1 heterocycles. The lowest BCUT2D eigenvalue weighted by atomic mass is 9.91. The van der Waals surface area contributed by atoms with Crippen molar-refractivity contribution in [1.82, 2.24) is 0 Å². The Kier molecular flexibility index (Phi) is 3.93. The van der Waals surface area contributed by atoms with Gasteiger partial charge in [0, 0.05) is 12.3 Å². The lowest BCUT2D eigenvalue weighted by Gasteiger charge is -2.20. The maximum Gasteiger partial charge on any atom is 0.126 e. The zero-order valence-electron chi connectivity index (χ0n) is 12.2. The molecule has 110 valence electrons. The molecule has 0 aliphatic carbocycles. The fraction of sp³-hybridized carbons (Fsp3) is 0.333. The summed E-state index contributed by atoms with van der Waals surface area (Å²) in [6.07, 6.45) is 1.70. The van der Waals surface area contributed by atoms with Gasteiger partial charge in [-0.3, -0.25) is 0 Å². The second kappa shape index (κ2) is 5.86. The summed E-state index contributed by atoms with van der Waals surface area (Å²) in [5, 5.41) is 0. The molecule has 1 aliphatic heterocycles. The maximum absolute atomic E-state index is 13.9. The molecule has 0 bridgehead atoms. The molecule has 0 radical (unpaired) electrons. The first-order chi connectivity index (χ1) is 10.2. The normalized spacial score (nSPS) is 18.1. The lowest BCUT2D eigenvalue weighted by molar-refractivity contribution is 0.209. The molecule has 0 amide bonds. The van der Waals surface area contributed by atoms with Crippen LogP contribution >= 0.6 is 0 Å². The molecule has 0 aromatic heterocycles. The number of rotatable bonds is 4. The molecule has 3 rings (SSSR count). The molecule has 2 atom stereocenters. The number of fused-ring (bicyclic) bond motifs is 1. The van der Waals surface area contributed by atoms with Crippen molar-refractivity contribution in [2.75, 3.05) is 6.54 Å². The summed E-state index contributed by atoms with van der Waals surface area (Å²) in [7, 11) is 0. The fourth-order valence-corrected chi connectivity index (χ4v) is 3.05. The number of hydrogen-bond acceptors (Lipinski definition) is 2. The first-order valence-corrected chi connectivity index (χ1v) is 7.38. The third kappa shape index (κ3) is 2.93. The molecule has 0 saturated carbocycles. The predicted octanol–water partition coefficient (Wildman–Crippen LogP) is 3.57. The van der Waals surface area contributed by atoms with E-state index in [9.17, 15) is 4.39 Å². The van der Waals surface area contributed by atoms with Gasteiger partial charge in [0.25, 0.3) is 0 Å². The molecular formula is C18H20FNO. The van der Waals surface area contributed by atoms with Crippen LogP contribution in [-0.2, 0) is 6.42 Å². The molecule has 3 heteroatoms. The second-order valence-corrected chi connectivity index (χ2v) is 5.75. The molecule has 2 unspecified atom stereocenters. The lowest BCUT2D eigenvalue weighted by Crippen LogP contribution is -2.23. The van der Waals surface area contributed by atoms with Crippen LogP contribution < -0.4 is 10.5 Å². The Bertz CT molecular complexity index is 641. The number of benzene rings is 2. The number of halogens is 1. The summed E-state index contributed by atoms with van der Waals surface area (Å²) in [6.45, 7) is 2.51. The summed E-state index contributed by atoms with van der Waals surface area (Å²) in [6, 6.07) is 13.1. The summed E-state index contributed by atoms with van der Waals surface area (Å²) in [5.41, 5.74) is 9.03. The van der Waals surface area contributed by atoms with Gasteiger partial charge in [-0.2, -0.15) is 0 Å². The smallest absolute Gasteiger partial charge is 0.126 e. The first-order valence-electron chi connectivity index (χ1n) is 7.38. The summed E-state index contributed by atoms with van der Waals surface area (Å²) < 4.78 is 19.9. The van der Waals surface area contributed by atoms with E-state index in [1.54, 1.807) is 6.07 Å². The highest BCUT2D eigenvalue weighted by atomic mass is 19.1. The minimum atomic E-state index is -0.181. The van der Waals surface area contributed by atoms with Crippen LogP contribution in [0, 0.1) is 12.7 Å². The molecule has 0 saturated heterocycles. The van der Waals surface area contributed by atoms with Gasteiger partial charge < -0.3 is 10.5 Å². The average molecular weight is 285 g/mol. The van der Waals surface area contributed by atoms with Gasteiger partial charge in [-0.25, -0.2) is 4.39 Å². The van der Waals surface area contributed by atoms with Crippen molar-refractivity contribution in [2.24, 2.45) is 5.73 Å². The molecule has 2 N–H and O–H groups in total. The Labute approximate surface area is 124 Å². The zero-order chi connectivity index (χ0) is 14.8. The molecule has 2 aromatic rings. The van der Waals surface area contributed by atoms with E-state index >= 15 is 0 Å². The van der Waals surface area contributed by atoms with Gasteiger partial charge in [0.2, 0.25) is 0 Å². The standard InChI is InChI=1S/C18H20FNO/c1-12-6-7-18-13(8-12)9-15(21-18)10-14(11-20)16-4-2-3-5-17(16)19/h2-8,14-15H,9-11,20H2,1H3. The molecular weight excluding hydrogens is 265 g/mol. The van der Waals surface area contributed by atoms with E-state index in [1.165, 1.54) is 17.2 Å². The SMILES string of the molecule is Cc1ccc2c(c1)CC(CC(CN)c1ccccc1F)O2. The molecule has 21 heavy (non-hydrogen) atoms. The largest absolute Gasteiger partial charge is 0.490 e. The van der Waals surface area contributed by atoms with Gasteiger partial charge in [0.1, 0.15) is 17.7 Å². The highest BCUT2D eigenvalue weighted by molar-refractivity contribution is 5.40. The van der Waals surface area contributed by atoms with E-state index in [4.69, 9.17) is 10.5 Å². The predicted molar refractivity (Wildman–Crippen MR) is 82.1 cm³/mol. The van der Waals surface area contributed by atoms with Crippen LogP contribution in [-0.4, -0.2) is 12.6 Å². The van der Waals surface area contributed by atoms with E-state index in [-0.39, 0.29) is 17.8 Å². The van der Waals surface area contributed by atoms with E-state index in [0.717, 1.165) is 18.6 Å². The van der Waals surface area contributed by atoms with Crippen molar-refractivity contribution < 1.29 is 9.13 Å². The van der Waals surface area contributed by atoms with Crippen molar-refractivity contribution in [3.63, 3.8) is 0 Å². The van der Waals surface area contributed by atoms with E-state index < -0.39 is 0 Å². The molecule has 0 fully saturated rings. The van der Waals surface area contributed by atoms with Gasteiger partial charge in [-0.05, 0) is 43.1 Å². The fourth-order valence-electron chi connectivity index (χ4n) is 3.05. The highest BCUT2D eigenvalue weighted by Gasteiger charge is 2.27. The summed E-state index contributed by atoms with van der Waals surface area (Å²) in [5.74, 6) is 0.765. The van der Waals surface area contributed by atoms with Crippen LogP contribution in [0.2, 0.25) is 0 Å². The Morgan fingerprint density at radius 2 is 2.10 bits per heavy atom. The van der Waals surface area contributed by atoms with E-state index in [2.05, 4.69) is 19.1 Å². The topological polar surface area (TPSA) is 35.2 Å². The second-order valence-electron chi connectivity index (χ2n) is 5.75. The van der Waals surface area contributed by atoms with Gasteiger partial charge in [0.15, 0.2) is 0 Å². The number of aryl methyl sites for hydroxylation is 1.